The topological polar surface area (TPSA) is 98.6 Å². The van der Waals surface area contributed by atoms with Crippen molar-refractivity contribution in [1.29, 1.82) is 0 Å². The molecule has 0 aliphatic carbocycles. The molecule has 0 fully saturated rings. The Bertz CT molecular complexity index is 1920. The number of hydrogen-bond donors (Lipinski definition) is 2. The third-order valence-electron chi connectivity index (χ3n) is 9.68. The minimum Gasteiger partial charge on any atom is -0.493 e. The summed E-state index contributed by atoms with van der Waals surface area (Å²) in [6.07, 6.45) is 0.766. The zero-order chi connectivity index (χ0) is 34.8. The Morgan fingerprint density at radius 2 is 1.77 bits per heavy atom. The molecule has 0 amide bonds. The van der Waals surface area contributed by atoms with Gasteiger partial charge in [0.1, 0.15) is 17.5 Å². The standard InChI is InChI=1S/C38H48ClN3O5Si/c1-9-45-37(44)35-27(17-13-22-46-31-18-12-15-25-14-10-11-16-26(25)31)28-19-20-29(39)33(34(28)40-35)32-24(2)42(6)41-36(32)30(43)21-23-47-48(7,8)38(3,4)5/h10-12,14-16,18-20,30,40,43H,9,13,17,21-23H2,1-8H3/t30-/m1/s1. The van der Waals surface area contributed by atoms with Gasteiger partial charge >= 0.3 is 5.97 Å². The van der Waals surface area contributed by atoms with Crippen molar-refractivity contribution in [2.45, 2.75) is 78.1 Å². The molecule has 5 rings (SSSR count). The van der Waals surface area contributed by atoms with Crippen LogP contribution in [-0.4, -0.2) is 54.0 Å². The maximum atomic E-state index is 13.3. The van der Waals surface area contributed by atoms with Crippen LogP contribution >= 0.6 is 11.6 Å². The van der Waals surface area contributed by atoms with E-state index in [4.69, 9.17) is 30.6 Å². The van der Waals surface area contributed by atoms with Crippen LogP contribution in [0.1, 0.15) is 74.1 Å². The summed E-state index contributed by atoms with van der Waals surface area (Å²) in [5.74, 6) is 0.409. The predicted octanol–water partition coefficient (Wildman–Crippen LogP) is 9.32. The first kappa shape index (κ1) is 35.7. The largest absolute Gasteiger partial charge is 0.493 e. The van der Waals surface area contributed by atoms with Crippen LogP contribution in [0.4, 0.5) is 0 Å². The van der Waals surface area contributed by atoms with E-state index in [1.165, 1.54) is 0 Å². The van der Waals surface area contributed by atoms with Crippen molar-refractivity contribution in [3.63, 3.8) is 0 Å². The SMILES string of the molecule is CCOC(=O)c1[nH]c2c(-c3c([C@H](O)CCO[Si](C)(C)C(C)(C)C)nn(C)c3C)c(Cl)ccc2c1CCCOc1cccc2ccccc12. The van der Waals surface area contributed by atoms with Crippen LogP contribution in [0, 0.1) is 6.92 Å². The summed E-state index contributed by atoms with van der Waals surface area (Å²) < 4.78 is 19.8. The number of benzene rings is 3. The molecule has 0 aliphatic rings. The van der Waals surface area contributed by atoms with Gasteiger partial charge in [0.15, 0.2) is 8.32 Å². The first-order valence-corrected chi connectivity index (χ1v) is 20.0. The maximum Gasteiger partial charge on any atom is 0.355 e. The molecule has 2 N–H and O–H groups in total. The lowest BCUT2D eigenvalue weighted by Gasteiger charge is -2.36. The van der Waals surface area contributed by atoms with Gasteiger partial charge in [0, 0.05) is 47.7 Å². The van der Waals surface area contributed by atoms with E-state index in [9.17, 15) is 9.90 Å². The molecule has 2 aromatic heterocycles. The van der Waals surface area contributed by atoms with E-state index < -0.39 is 20.4 Å². The summed E-state index contributed by atoms with van der Waals surface area (Å²) in [5.41, 5.74) is 4.76. The number of aromatic amines is 1. The second kappa shape index (κ2) is 14.5. The van der Waals surface area contributed by atoms with Crippen LogP contribution in [0.25, 0.3) is 32.8 Å². The fourth-order valence-corrected chi connectivity index (χ4v) is 7.20. The minimum absolute atomic E-state index is 0.0673. The number of aliphatic hydroxyl groups excluding tert-OH is 1. The van der Waals surface area contributed by atoms with Gasteiger partial charge in [0.2, 0.25) is 0 Å². The van der Waals surface area contributed by atoms with Crippen LogP contribution in [0.5, 0.6) is 5.75 Å². The number of fused-ring (bicyclic) bond motifs is 2. The molecular formula is C38H48ClN3O5Si. The lowest BCUT2D eigenvalue weighted by atomic mass is 9.96. The minimum atomic E-state index is -1.98. The molecule has 48 heavy (non-hydrogen) atoms. The van der Waals surface area contributed by atoms with Crippen molar-refractivity contribution >= 4 is 47.6 Å². The number of nitrogens with zero attached hydrogens (tertiary/aromatic N) is 2. The number of carbonyl (C=O) groups is 1. The number of nitrogens with one attached hydrogen (secondary N) is 1. The van der Waals surface area contributed by atoms with E-state index in [1.54, 1.807) is 11.6 Å². The first-order valence-electron chi connectivity index (χ1n) is 16.7. The molecule has 5 aromatic rings. The molecule has 10 heteroatoms. The van der Waals surface area contributed by atoms with Crippen molar-refractivity contribution in [3.05, 3.63) is 82.3 Å². The van der Waals surface area contributed by atoms with E-state index in [1.807, 2.05) is 50.4 Å². The van der Waals surface area contributed by atoms with Gasteiger partial charge in [-0.2, -0.15) is 5.10 Å². The lowest BCUT2D eigenvalue weighted by molar-refractivity contribution is 0.0519. The van der Waals surface area contributed by atoms with E-state index >= 15 is 0 Å². The number of carbonyl (C=O) groups excluding carboxylic acids is 1. The molecule has 3 aromatic carbocycles. The zero-order valence-electron chi connectivity index (χ0n) is 29.4. The smallest absolute Gasteiger partial charge is 0.355 e. The lowest BCUT2D eigenvalue weighted by Crippen LogP contribution is -2.41. The third kappa shape index (κ3) is 7.20. The van der Waals surface area contributed by atoms with Gasteiger partial charge in [-0.05, 0) is 67.9 Å². The van der Waals surface area contributed by atoms with Gasteiger partial charge < -0.3 is 24.0 Å². The average Bonchev–Trinajstić information content (AvgIpc) is 3.55. The molecule has 0 saturated carbocycles. The quantitative estimate of drug-likeness (QED) is 0.0726. The van der Waals surface area contributed by atoms with Gasteiger partial charge in [0.25, 0.3) is 0 Å². The Kier molecular flexibility index (Phi) is 10.7. The van der Waals surface area contributed by atoms with Gasteiger partial charge in [-0.3, -0.25) is 4.68 Å². The molecule has 2 heterocycles. The maximum absolute atomic E-state index is 13.3. The molecule has 0 bridgehead atoms. The van der Waals surface area contributed by atoms with Gasteiger partial charge in [-0.25, -0.2) is 4.79 Å². The molecule has 0 radical (unpaired) electrons. The average molecular weight is 690 g/mol. The Hall–Kier alpha value is -3.63. The van der Waals surface area contributed by atoms with E-state index in [0.717, 1.165) is 38.7 Å². The zero-order valence-corrected chi connectivity index (χ0v) is 31.1. The third-order valence-corrected chi connectivity index (χ3v) is 14.5. The van der Waals surface area contributed by atoms with Crippen LogP contribution in [0.2, 0.25) is 23.2 Å². The molecule has 0 unspecified atom stereocenters. The fraction of sp³-hybridized carbons (Fsp3) is 0.421. The molecular weight excluding hydrogens is 642 g/mol. The molecule has 0 saturated heterocycles. The number of rotatable bonds is 13. The number of esters is 1. The molecule has 8 nitrogen and oxygen atoms in total. The van der Waals surface area contributed by atoms with E-state index in [-0.39, 0.29) is 11.6 Å². The monoisotopic (exact) mass is 689 g/mol. The van der Waals surface area contributed by atoms with Crippen LogP contribution in [0.3, 0.4) is 0 Å². The second-order valence-electron chi connectivity index (χ2n) is 13.9. The number of ether oxygens (including phenoxy) is 2. The Balaban J connectivity index is 1.47. The fourth-order valence-electron chi connectivity index (χ4n) is 5.88. The van der Waals surface area contributed by atoms with Crippen molar-refractivity contribution in [1.82, 2.24) is 14.8 Å². The number of H-pyrrole nitrogens is 1. The highest BCUT2D eigenvalue weighted by molar-refractivity contribution is 6.74. The van der Waals surface area contributed by atoms with Crippen LogP contribution in [-0.2, 0) is 22.6 Å². The Labute approximate surface area is 289 Å². The Morgan fingerprint density at radius 3 is 2.50 bits per heavy atom. The van der Waals surface area contributed by atoms with Crippen molar-refractivity contribution in [2.24, 2.45) is 7.05 Å². The highest BCUT2D eigenvalue weighted by atomic mass is 35.5. The molecule has 1 atom stereocenters. The summed E-state index contributed by atoms with van der Waals surface area (Å²) >= 11 is 6.96. The normalized spacial score (nSPS) is 13.0. The summed E-state index contributed by atoms with van der Waals surface area (Å²) in [6.45, 7) is 15.9. The Morgan fingerprint density at radius 1 is 1.04 bits per heavy atom. The number of halogens is 1. The highest BCUT2D eigenvalue weighted by Gasteiger charge is 2.37. The molecule has 0 spiro atoms. The van der Waals surface area contributed by atoms with Crippen molar-refractivity contribution in [2.75, 3.05) is 19.8 Å². The summed E-state index contributed by atoms with van der Waals surface area (Å²) in [6, 6.07) is 18.0. The van der Waals surface area contributed by atoms with E-state index in [0.29, 0.717) is 60.0 Å². The number of hydrogen-bond acceptors (Lipinski definition) is 6. The summed E-state index contributed by atoms with van der Waals surface area (Å²) in [7, 11) is -0.127. The molecule has 256 valence electrons. The van der Waals surface area contributed by atoms with Crippen LogP contribution in [0.15, 0.2) is 54.6 Å². The van der Waals surface area contributed by atoms with Gasteiger partial charge in [-0.15, -0.1) is 0 Å². The number of aliphatic hydroxyl groups is 1. The molecule has 0 aliphatic heterocycles. The predicted molar refractivity (Wildman–Crippen MR) is 197 cm³/mol. The summed E-state index contributed by atoms with van der Waals surface area (Å²) in [4.78, 5) is 16.7. The van der Waals surface area contributed by atoms with Crippen LogP contribution < -0.4 is 4.74 Å². The van der Waals surface area contributed by atoms with E-state index in [2.05, 4.69) is 57.0 Å². The van der Waals surface area contributed by atoms with Gasteiger partial charge in [0.05, 0.1) is 29.4 Å². The number of aromatic nitrogens is 3. The van der Waals surface area contributed by atoms with Gasteiger partial charge in [-0.1, -0.05) is 74.8 Å². The second-order valence-corrected chi connectivity index (χ2v) is 19.1. The summed E-state index contributed by atoms with van der Waals surface area (Å²) in [5, 5.41) is 19.9. The van der Waals surface area contributed by atoms with Crippen molar-refractivity contribution < 1.29 is 23.8 Å². The highest BCUT2D eigenvalue weighted by Crippen LogP contribution is 2.43. The van der Waals surface area contributed by atoms with Crippen molar-refractivity contribution in [3.8, 4) is 16.9 Å². The first-order chi connectivity index (χ1) is 22.7. The number of aryl methyl sites for hydroxylation is 2.